The molecular formula is C27H23IN4O5. The van der Waals surface area contributed by atoms with Crippen LogP contribution in [0.25, 0.3) is 10.9 Å². The Bertz CT molecular complexity index is 1420. The van der Waals surface area contributed by atoms with Crippen LogP contribution < -0.4 is 25.0 Å². The zero-order valence-corrected chi connectivity index (χ0v) is 22.0. The van der Waals surface area contributed by atoms with Crippen LogP contribution in [0.2, 0.25) is 0 Å². The second-order valence-electron chi connectivity index (χ2n) is 7.65. The van der Waals surface area contributed by atoms with E-state index in [-0.39, 0.29) is 19.1 Å². The molecule has 1 heterocycles. The fourth-order valence-corrected chi connectivity index (χ4v) is 4.14. The van der Waals surface area contributed by atoms with Crippen molar-refractivity contribution in [1.29, 1.82) is 0 Å². The standard InChI is InChI=1S/C27H23IN4O5/c1-35-23-14-18(13-21(28)27(23)37-16-24(33)31-20-9-3-2-4-10-20)15-30-32-25(34)17-36-22-11-5-7-19-8-6-12-29-26(19)22/h2-15H,16-17H2,1H3,(H,31,33)(H,32,34)/b30-15+. The first-order valence-electron chi connectivity index (χ1n) is 11.2. The van der Waals surface area contributed by atoms with Gasteiger partial charge >= 0.3 is 0 Å². The zero-order valence-electron chi connectivity index (χ0n) is 19.8. The average Bonchev–Trinajstić information content (AvgIpc) is 2.91. The second kappa shape index (κ2) is 12.7. The number of nitrogens with zero attached hydrogens (tertiary/aromatic N) is 2. The first-order valence-corrected chi connectivity index (χ1v) is 12.2. The fourth-order valence-electron chi connectivity index (χ4n) is 3.36. The van der Waals surface area contributed by atoms with Crippen molar-refractivity contribution in [3.63, 3.8) is 0 Å². The van der Waals surface area contributed by atoms with Crippen LogP contribution in [0.15, 0.2) is 84.1 Å². The molecule has 3 aromatic carbocycles. The number of hydrogen-bond acceptors (Lipinski definition) is 7. The normalized spacial score (nSPS) is 10.8. The summed E-state index contributed by atoms with van der Waals surface area (Å²) in [5.74, 6) is 0.669. The first-order chi connectivity index (χ1) is 18.0. The molecule has 0 aliphatic carbocycles. The number of carbonyl (C=O) groups excluding carboxylic acids is 2. The van der Waals surface area contributed by atoms with Crippen molar-refractivity contribution in [1.82, 2.24) is 10.4 Å². The number of para-hydroxylation sites is 2. The number of anilines is 1. The maximum atomic E-state index is 12.2. The highest BCUT2D eigenvalue weighted by molar-refractivity contribution is 14.1. The van der Waals surface area contributed by atoms with Crippen LogP contribution in [-0.4, -0.2) is 43.3 Å². The van der Waals surface area contributed by atoms with Crippen molar-refractivity contribution in [3.8, 4) is 17.2 Å². The molecule has 10 heteroatoms. The summed E-state index contributed by atoms with van der Waals surface area (Å²) in [4.78, 5) is 28.7. The third-order valence-electron chi connectivity index (χ3n) is 5.01. The van der Waals surface area contributed by atoms with Crippen LogP contribution >= 0.6 is 22.6 Å². The van der Waals surface area contributed by atoms with Gasteiger partial charge in [0.1, 0.15) is 11.3 Å². The summed E-state index contributed by atoms with van der Waals surface area (Å²) >= 11 is 2.09. The van der Waals surface area contributed by atoms with Crippen molar-refractivity contribution < 1.29 is 23.8 Å². The van der Waals surface area contributed by atoms with Crippen LogP contribution in [0.5, 0.6) is 17.2 Å². The van der Waals surface area contributed by atoms with Gasteiger partial charge in [-0.1, -0.05) is 36.4 Å². The Kier molecular flexibility index (Phi) is 8.87. The summed E-state index contributed by atoms with van der Waals surface area (Å²) in [6, 6.07) is 21.9. The van der Waals surface area contributed by atoms with Crippen molar-refractivity contribution >= 4 is 57.2 Å². The topological polar surface area (TPSA) is 111 Å². The number of benzene rings is 3. The number of aromatic nitrogens is 1. The molecule has 2 amide bonds. The van der Waals surface area contributed by atoms with Crippen LogP contribution in [0.3, 0.4) is 0 Å². The van der Waals surface area contributed by atoms with Gasteiger partial charge in [0.25, 0.3) is 11.8 Å². The monoisotopic (exact) mass is 610 g/mol. The molecule has 0 saturated carbocycles. The van der Waals surface area contributed by atoms with Crippen LogP contribution in [-0.2, 0) is 9.59 Å². The van der Waals surface area contributed by atoms with Crippen molar-refractivity contribution in [2.24, 2.45) is 5.10 Å². The van der Waals surface area contributed by atoms with E-state index in [4.69, 9.17) is 14.2 Å². The van der Waals surface area contributed by atoms with E-state index in [1.54, 1.807) is 36.5 Å². The summed E-state index contributed by atoms with van der Waals surface area (Å²) in [5.41, 5.74) is 4.48. The molecule has 0 unspecified atom stereocenters. The summed E-state index contributed by atoms with van der Waals surface area (Å²) in [6.45, 7) is -0.400. The lowest BCUT2D eigenvalue weighted by molar-refractivity contribution is -0.123. The number of hydrogen-bond donors (Lipinski definition) is 2. The van der Waals surface area contributed by atoms with E-state index in [0.29, 0.717) is 37.6 Å². The zero-order chi connectivity index (χ0) is 26.0. The SMILES string of the molecule is COc1cc(/C=N/NC(=O)COc2cccc3cccnc23)cc(I)c1OCC(=O)Nc1ccccc1. The molecule has 0 atom stereocenters. The van der Waals surface area contributed by atoms with Crippen LogP contribution in [0.1, 0.15) is 5.56 Å². The number of fused-ring (bicyclic) bond motifs is 1. The largest absolute Gasteiger partial charge is 0.493 e. The average molecular weight is 610 g/mol. The lowest BCUT2D eigenvalue weighted by Gasteiger charge is -2.13. The second-order valence-corrected chi connectivity index (χ2v) is 8.81. The number of methoxy groups -OCH3 is 1. The van der Waals surface area contributed by atoms with E-state index in [9.17, 15) is 9.59 Å². The molecule has 37 heavy (non-hydrogen) atoms. The molecule has 0 fully saturated rings. The van der Waals surface area contributed by atoms with E-state index in [1.807, 2.05) is 42.5 Å². The van der Waals surface area contributed by atoms with Gasteiger partial charge in [-0.25, -0.2) is 5.43 Å². The number of rotatable bonds is 10. The van der Waals surface area contributed by atoms with Crippen LogP contribution in [0.4, 0.5) is 5.69 Å². The third-order valence-corrected chi connectivity index (χ3v) is 5.82. The van der Waals surface area contributed by atoms with Gasteiger partial charge in [0.2, 0.25) is 0 Å². The van der Waals surface area contributed by atoms with Gasteiger partial charge in [0.15, 0.2) is 24.7 Å². The number of hydrazone groups is 1. The minimum Gasteiger partial charge on any atom is -0.493 e. The number of ether oxygens (including phenoxy) is 3. The summed E-state index contributed by atoms with van der Waals surface area (Å²) in [6.07, 6.45) is 3.15. The number of amides is 2. The van der Waals surface area contributed by atoms with E-state index in [1.165, 1.54) is 13.3 Å². The molecular weight excluding hydrogens is 587 g/mol. The van der Waals surface area contributed by atoms with Crippen molar-refractivity contribution in [2.75, 3.05) is 25.6 Å². The quantitative estimate of drug-likeness (QED) is 0.157. The molecule has 0 bridgehead atoms. The molecule has 0 spiro atoms. The molecule has 0 radical (unpaired) electrons. The molecule has 0 aliphatic rings. The van der Waals surface area contributed by atoms with Crippen molar-refractivity contribution in [3.05, 3.63) is 88.1 Å². The predicted octanol–water partition coefficient (Wildman–Crippen LogP) is 4.39. The summed E-state index contributed by atoms with van der Waals surface area (Å²) in [5, 5.41) is 7.69. The van der Waals surface area contributed by atoms with Gasteiger partial charge in [-0.3, -0.25) is 14.6 Å². The van der Waals surface area contributed by atoms with E-state index in [2.05, 4.69) is 43.4 Å². The number of halogens is 1. The van der Waals surface area contributed by atoms with Gasteiger partial charge in [-0.05, 0) is 64.6 Å². The van der Waals surface area contributed by atoms with E-state index >= 15 is 0 Å². The lowest BCUT2D eigenvalue weighted by Crippen LogP contribution is -2.24. The predicted molar refractivity (Wildman–Crippen MR) is 149 cm³/mol. The van der Waals surface area contributed by atoms with Gasteiger partial charge in [0.05, 0.1) is 16.9 Å². The first kappa shape index (κ1) is 25.9. The molecule has 2 N–H and O–H groups in total. The molecule has 9 nitrogen and oxygen atoms in total. The van der Waals surface area contributed by atoms with Crippen LogP contribution in [0, 0.1) is 3.57 Å². The Balaban J connectivity index is 1.32. The molecule has 4 rings (SSSR count). The third kappa shape index (κ3) is 7.17. The maximum Gasteiger partial charge on any atom is 0.277 e. The minimum absolute atomic E-state index is 0.184. The van der Waals surface area contributed by atoms with E-state index < -0.39 is 5.91 Å². The Morgan fingerprint density at radius 2 is 1.73 bits per heavy atom. The fraction of sp³-hybridized carbons (Fsp3) is 0.111. The summed E-state index contributed by atoms with van der Waals surface area (Å²) in [7, 11) is 1.50. The van der Waals surface area contributed by atoms with E-state index in [0.717, 1.165) is 5.39 Å². The Morgan fingerprint density at radius 1 is 0.946 bits per heavy atom. The summed E-state index contributed by atoms with van der Waals surface area (Å²) < 4.78 is 17.5. The maximum absolute atomic E-state index is 12.2. The van der Waals surface area contributed by atoms with Gasteiger partial charge < -0.3 is 19.5 Å². The highest BCUT2D eigenvalue weighted by Gasteiger charge is 2.13. The molecule has 0 saturated heterocycles. The number of nitrogens with one attached hydrogen (secondary N) is 2. The van der Waals surface area contributed by atoms with Gasteiger partial charge in [-0.15, -0.1) is 0 Å². The number of pyridine rings is 1. The Hall–Kier alpha value is -4.19. The molecule has 188 valence electrons. The smallest absolute Gasteiger partial charge is 0.277 e. The Labute approximate surface area is 227 Å². The Morgan fingerprint density at radius 3 is 2.54 bits per heavy atom. The highest BCUT2D eigenvalue weighted by atomic mass is 127. The van der Waals surface area contributed by atoms with Gasteiger partial charge in [0, 0.05) is 17.3 Å². The lowest BCUT2D eigenvalue weighted by atomic mass is 10.2. The molecule has 0 aliphatic heterocycles. The van der Waals surface area contributed by atoms with Crippen molar-refractivity contribution in [2.45, 2.75) is 0 Å². The minimum atomic E-state index is -0.421. The highest BCUT2D eigenvalue weighted by Crippen LogP contribution is 2.33. The molecule has 1 aromatic heterocycles. The number of carbonyl (C=O) groups is 2. The van der Waals surface area contributed by atoms with Gasteiger partial charge in [-0.2, -0.15) is 5.10 Å². The molecule has 4 aromatic rings.